The number of aromatic nitrogens is 1. The number of rotatable bonds is 9. The molecule has 0 saturated carbocycles. The number of fused-ring (bicyclic) bond motifs is 1. The molecule has 0 aliphatic rings. The van der Waals surface area contributed by atoms with Crippen LogP contribution >= 0.6 is 0 Å². The number of anilines is 1. The maximum Gasteiger partial charge on any atom is 0.303 e. The van der Waals surface area contributed by atoms with Crippen LogP contribution in [-0.4, -0.2) is 28.2 Å². The summed E-state index contributed by atoms with van der Waals surface area (Å²) in [6.45, 7) is 3.29. The van der Waals surface area contributed by atoms with Crippen LogP contribution in [0.2, 0.25) is 0 Å². The van der Waals surface area contributed by atoms with Crippen molar-refractivity contribution in [2.45, 2.75) is 32.7 Å². The Kier molecular flexibility index (Phi) is 6.32. The Labute approximate surface area is 163 Å². The largest absolute Gasteiger partial charge is 0.494 e. The lowest BCUT2D eigenvalue weighted by Crippen LogP contribution is -2.14. The number of nitrogens with zero attached hydrogens (tertiary/aromatic N) is 1. The summed E-state index contributed by atoms with van der Waals surface area (Å²) in [7, 11) is 0. The van der Waals surface area contributed by atoms with Gasteiger partial charge in [-0.2, -0.15) is 0 Å². The van der Waals surface area contributed by atoms with E-state index in [0.29, 0.717) is 30.9 Å². The number of nitrogens with one attached hydrogen (secondary N) is 1. The number of benzene rings is 2. The molecule has 3 rings (SSSR count). The average molecular weight is 380 g/mol. The zero-order valence-corrected chi connectivity index (χ0v) is 15.9. The smallest absolute Gasteiger partial charge is 0.303 e. The molecule has 3 aromatic rings. The summed E-state index contributed by atoms with van der Waals surface area (Å²) in [5.74, 6) is -0.257. The van der Waals surface area contributed by atoms with E-state index < -0.39 is 5.97 Å². The number of carboxylic acid groups (broad SMARTS) is 1. The SMILES string of the molecule is CCn1cc(CC(=O)Nc2ccc(OCCCC(=O)O)cc2)c2ccccc21. The highest BCUT2D eigenvalue weighted by Gasteiger charge is 2.11. The third kappa shape index (κ3) is 4.91. The van der Waals surface area contributed by atoms with Gasteiger partial charge in [0.2, 0.25) is 5.91 Å². The molecular formula is C22H24N2O4. The first-order valence-electron chi connectivity index (χ1n) is 9.38. The number of hydrogen-bond donors (Lipinski definition) is 2. The molecule has 1 heterocycles. The molecule has 1 amide bonds. The van der Waals surface area contributed by atoms with Crippen LogP contribution in [0.25, 0.3) is 10.9 Å². The fourth-order valence-corrected chi connectivity index (χ4v) is 3.15. The van der Waals surface area contributed by atoms with Crippen molar-refractivity contribution < 1.29 is 19.4 Å². The van der Waals surface area contributed by atoms with Gasteiger partial charge in [0.15, 0.2) is 0 Å². The van der Waals surface area contributed by atoms with Crippen molar-refractivity contribution in [3.8, 4) is 5.75 Å². The van der Waals surface area contributed by atoms with Gasteiger partial charge in [-0.1, -0.05) is 18.2 Å². The fourth-order valence-electron chi connectivity index (χ4n) is 3.15. The minimum absolute atomic E-state index is 0.0749. The van der Waals surface area contributed by atoms with Crippen LogP contribution in [-0.2, 0) is 22.6 Å². The van der Waals surface area contributed by atoms with Crippen molar-refractivity contribution in [2.24, 2.45) is 0 Å². The predicted octanol–water partition coefficient (Wildman–Crippen LogP) is 4.09. The highest BCUT2D eigenvalue weighted by molar-refractivity contribution is 5.96. The second-order valence-corrected chi connectivity index (χ2v) is 6.55. The van der Waals surface area contributed by atoms with E-state index in [2.05, 4.69) is 22.9 Å². The van der Waals surface area contributed by atoms with Crippen molar-refractivity contribution in [3.05, 3.63) is 60.3 Å². The molecule has 0 radical (unpaired) electrons. The van der Waals surface area contributed by atoms with Gasteiger partial charge in [-0.25, -0.2) is 0 Å². The van der Waals surface area contributed by atoms with Gasteiger partial charge in [-0.15, -0.1) is 0 Å². The van der Waals surface area contributed by atoms with Crippen molar-refractivity contribution in [2.75, 3.05) is 11.9 Å². The van der Waals surface area contributed by atoms with E-state index in [1.165, 1.54) is 0 Å². The van der Waals surface area contributed by atoms with E-state index in [1.54, 1.807) is 24.3 Å². The van der Waals surface area contributed by atoms with Crippen molar-refractivity contribution >= 4 is 28.5 Å². The molecule has 0 fully saturated rings. The zero-order chi connectivity index (χ0) is 19.9. The molecule has 0 saturated heterocycles. The molecule has 0 unspecified atom stereocenters. The number of aryl methyl sites for hydroxylation is 1. The summed E-state index contributed by atoms with van der Waals surface area (Å²) >= 11 is 0. The normalized spacial score (nSPS) is 10.8. The minimum atomic E-state index is -0.830. The van der Waals surface area contributed by atoms with Gasteiger partial charge in [0.1, 0.15) is 5.75 Å². The van der Waals surface area contributed by atoms with E-state index in [0.717, 1.165) is 23.0 Å². The number of carboxylic acids is 1. The number of carbonyl (C=O) groups is 2. The summed E-state index contributed by atoms with van der Waals surface area (Å²) in [6, 6.07) is 15.2. The van der Waals surface area contributed by atoms with Crippen LogP contribution in [0.3, 0.4) is 0 Å². The Morgan fingerprint density at radius 3 is 2.57 bits per heavy atom. The molecule has 28 heavy (non-hydrogen) atoms. The molecule has 0 spiro atoms. The maximum absolute atomic E-state index is 12.5. The summed E-state index contributed by atoms with van der Waals surface area (Å²) in [5, 5.41) is 12.6. The molecular weight excluding hydrogens is 356 g/mol. The van der Waals surface area contributed by atoms with E-state index >= 15 is 0 Å². The average Bonchev–Trinajstić information content (AvgIpc) is 3.04. The van der Waals surface area contributed by atoms with Gasteiger partial charge < -0.3 is 19.7 Å². The van der Waals surface area contributed by atoms with E-state index in [-0.39, 0.29) is 12.3 Å². The van der Waals surface area contributed by atoms with Crippen molar-refractivity contribution in [1.29, 1.82) is 0 Å². The molecule has 2 aromatic carbocycles. The van der Waals surface area contributed by atoms with Gasteiger partial charge in [-0.05, 0) is 49.2 Å². The summed E-state index contributed by atoms with van der Waals surface area (Å²) in [5.41, 5.74) is 2.84. The highest BCUT2D eigenvalue weighted by Crippen LogP contribution is 2.22. The third-order valence-corrected chi connectivity index (χ3v) is 4.50. The van der Waals surface area contributed by atoms with E-state index in [4.69, 9.17) is 9.84 Å². The lowest BCUT2D eigenvalue weighted by Gasteiger charge is -2.08. The first-order chi connectivity index (χ1) is 13.6. The van der Waals surface area contributed by atoms with Crippen LogP contribution < -0.4 is 10.1 Å². The summed E-state index contributed by atoms with van der Waals surface area (Å²) in [4.78, 5) is 23.0. The summed E-state index contributed by atoms with van der Waals surface area (Å²) in [6.07, 6.45) is 2.89. The van der Waals surface area contributed by atoms with Crippen LogP contribution in [0.5, 0.6) is 5.75 Å². The van der Waals surface area contributed by atoms with Crippen molar-refractivity contribution in [1.82, 2.24) is 4.57 Å². The van der Waals surface area contributed by atoms with Gasteiger partial charge in [-0.3, -0.25) is 9.59 Å². The van der Waals surface area contributed by atoms with Gasteiger partial charge in [0, 0.05) is 35.8 Å². The Morgan fingerprint density at radius 2 is 1.86 bits per heavy atom. The number of amides is 1. The lowest BCUT2D eigenvalue weighted by molar-refractivity contribution is -0.137. The Morgan fingerprint density at radius 1 is 1.11 bits per heavy atom. The second-order valence-electron chi connectivity index (χ2n) is 6.55. The molecule has 1 aromatic heterocycles. The standard InChI is InChI=1S/C22H24N2O4/c1-2-24-15-16(19-6-3-4-7-20(19)24)14-21(25)23-17-9-11-18(12-10-17)28-13-5-8-22(26)27/h3-4,6-7,9-12,15H,2,5,8,13-14H2,1H3,(H,23,25)(H,26,27). The Hall–Kier alpha value is -3.28. The third-order valence-electron chi connectivity index (χ3n) is 4.50. The topological polar surface area (TPSA) is 80.6 Å². The van der Waals surface area contributed by atoms with E-state index in [9.17, 15) is 9.59 Å². The molecule has 2 N–H and O–H groups in total. The number of para-hydroxylation sites is 1. The monoisotopic (exact) mass is 380 g/mol. The molecule has 0 bridgehead atoms. The second kappa shape index (κ2) is 9.08. The Balaban J connectivity index is 1.57. The Bertz CT molecular complexity index is 960. The molecule has 6 nitrogen and oxygen atoms in total. The molecule has 0 atom stereocenters. The van der Waals surface area contributed by atoms with Gasteiger partial charge in [0.25, 0.3) is 0 Å². The first kappa shape index (κ1) is 19.5. The zero-order valence-electron chi connectivity index (χ0n) is 15.9. The number of hydrogen-bond acceptors (Lipinski definition) is 3. The fraction of sp³-hybridized carbons (Fsp3) is 0.273. The molecule has 0 aliphatic carbocycles. The van der Waals surface area contributed by atoms with Crippen LogP contribution in [0.15, 0.2) is 54.7 Å². The number of ether oxygens (including phenoxy) is 1. The lowest BCUT2D eigenvalue weighted by atomic mass is 10.1. The predicted molar refractivity (Wildman–Crippen MR) is 109 cm³/mol. The maximum atomic E-state index is 12.5. The molecule has 0 aliphatic heterocycles. The van der Waals surface area contributed by atoms with Crippen LogP contribution in [0, 0.1) is 0 Å². The molecule has 146 valence electrons. The number of carbonyl (C=O) groups excluding carboxylic acids is 1. The van der Waals surface area contributed by atoms with E-state index in [1.807, 2.05) is 24.4 Å². The van der Waals surface area contributed by atoms with Gasteiger partial charge >= 0.3 is 5.97 Å². The quantitative estimate of drug-likeness (QED) is 0.548. The van der Waals surface area contributed by atoms with Gasteiger partial charge in [0.05, 0.1) is 13.0 Å². The first-order valence-corrected chi connectivity index (χ1v) is 9.38. The minimum Gasteiger partial charge on any atom is -0.494 e. The van der Waals surface area contributed by atoms with Crippen LogP contribution in [0.1, 0.15) is 25.3 Å². The highest BCUT2D eigenvalue weighted by atomic mass is 16.5. The number of aliphatic carboxylic acids is 1. The van der Waals surface area contributed by atoms with Crippen LogP contribution in [0.4, 0.5) is 5.69 Å². The summed E-state index contributed by atoms with van der Waals surface area (Å²) < 4.78 is 7.64. The van der Waals surface area contributed by atoms with Crippen molar-refractivity contribution in [3.63, 3.8) is 0 Å². The molecule has 6 heteroatoms.